The van der Waals surface area contributed by atoms with Crippen molar-refractivity contribution in [3.8, 4) is 17.2 Å². The zero-order valence-electron chi connectivity index (χ0n) is 14.0. The summed E-state index contributed by atoms with van der Waals surface area (Å²) in [6, 6.07) is 15.3. The predicted molar refractivity (Wildman–Crippen MR) is 96.8 cm³/mol. The minimum absolute atomic E-state index is 0.0201. The molecule has 26 heavy (non-hydrogen) atoms. The molecule has 2 aromatic carbocycles. The van der Waals surface area contributed by atoms with E-state index in [4.69, 9.17) is 4.74 Å². The average Bonchev–Trinajstić information content (AvgIpc) is 2.62. The number of hydrogen-bond acceptors (Lipinski definition) is 6. The number of nitrogens with one attached hydrogen (secondary N) is 1. The summed E-state index contributed by atoms with van der Waals surface area (Å²) in [6.45, 7) is 0. The van der Waals surface area contributed by atoms with Crippen LogP contribution in [-0.4, -0.2) is 22.3 Å². The van der Waals surface area contributed by atoms with Gasteiger partial charge in [0.05, 0.1) is 7.11 Å². The number of methoxy groups -OCH3 is 1. The van der Waals surface area contributed by atoms with Crippen molar-refractivity contribution in [2.45, 2.75) is 6.42 Å². The van der Waals surface area contributed by atoms with Gasteiger partial charge in [0, 0.05) is 24.2 Å². The molecule has 0 radical (unpaired) electrons. The van der Waals surface area contributed by atoms with Gasteiger partial charge in [-0.3, -0.25) is 4.79 Å². The number of benzene rings is 2. The third-order valence-corrected chi connectivity index (χ3v) is 3.70. The van der Waals surface area contributed by atoms with Gasteiger partial charge in [0.25, 0.3) is 5.56 Å². The van der Waals surface area contributed by atoms with E-state index in [0.29, 0.717) is 23.6 Å². The van der Waals surface area contributed by atoms with Crippen molar-refractivity contribution in [1.82, 2.24) is 4.98 Å². The molecular formula is C19H17N3O4. The number of phenolic OH excluding ortho intramolecular Hbond substituents is 1. The zero-order chi connectivity index (χ0) is 18.5. The fourth-order valence-electron chi connectivity index (χ4n) is 2.45. The SMILES string of the molecule is COc1cc(O)ccc1N=Nc1c(O)cc(Cc2ccccc2)[nH]c1=O. The lowest BCUT2D eigenvalue weighted by Crippen LogP contribution is -2.08. The summed E-state index contributed by atoms with van der Waals surface area (Å²) in [6.07, 6.45) is 0.479. The van der Waals surface area contributed by atoms with Crippen LogP contribution < -0.4 is 10.3 Å². The number of phenols is 1. The highest BCUT2D eigenvalue weighted by Gasteiger charge is 2.10. The fourth-order valence-corrected chi connectivity index (χ4v) is 2.45. The predicted octanol–water partition coefficient (Wildman–Crippen LogP) is 3.80. The van der Waals surface area contributed by atoms with Crippen molar-refractivity contribution in [2.75, 3.05) is 7.11 Å². The number of azo groups is 1. The van der Waals surface area contributed by atoms with Crippen LogP contribution in [0.4, 0.5) is 11.4 Å². The summed E-state index contributed by atoms with van der Waals surface area (Å²) in [5, 5.41) is 27.4. The number of ether oxygens (including phenoxy) is 1. The van der Waals surface area contributed by atoms with Crippen LogP contribution in [-0.2, 0) is 6.42 Å². The van der Waals surface area contributed by atoms with E-state index in [0.717, 1.165) is 5.56 Å². The number of aromatic nitrogens is 1. The molecule has 7 nitrogen and oxygen atoms in total. The fraction of sp³-hybridized carbons (Fsp3) is 0.105. The van der Waals surface area contributed by atoms with Gasteiger partial charge in [-0.2, -0.15) is 0 Å². The van der Waals surface area contributed by atoms with Crippen LogP contribution in [0.15, 0.2) is 69.6 Å². The standard InChI is InChI=1S/C19H17N3O4/c1-26-17-11-14(23)7-8-15(17)21-22-18-16(24)10-13(20-19(18)25)9-12-5-3-2-4-6-12/h2-8,10-11,23H,9H2,1H3,(H2,20,24,25). The molecule has 0 aliphatic rings. The quantitative estimate of drug-likeness (QED) is 0.608. The van der Waals surface area contributed by atoms with Gasteiger partial charge >= 0.3 is 0 Å². The minimum atomic E-state index is -0.544. The maximum absolute atomic E-state index is 12.2. The van der Waals surface area contributed by atoms with Gasteiger partial charge in [-0.05, 0) is 17.7 Å². The molecule has 7 heteroatoms. The first-order chi connectivity index (χ1) is 12.6. The second-order valence-corrected chi connectivity index (χ2v) is 5.58. The lowest BCUT2D eigenvalue weighted by Gasteiger charge is -2.05. The maximum Gasteiger partial charge on any atom is 0.279 e. The van der Waals surface area contributed by atoms with E-state index < -0.39 is 5.56 Å². The summed E-state index contributed by atoms with van der Waals surface area (Å²) >= 11 is 0. The average molecular weight is 351 g/mol. The Kier molecular flexibility index (Phi) is 4.98. The van der Waals surface area contributed by atoms with Crippen LogP contribution in [0.25, 0.3) is 0 Å². The molecule has 0 spiro atoms. The van der Waals surface area contributed by atoms with Crippen molar-refractivity contribution in [1.29, 1.82) is 0 Å². The van der Waals surface area contributed by atoms with E-state index in [-0.39, 0.29) is 17.2 Å². The Labute approximate surface area is 149 Å². The molecule has 1 heterocycles. The highest BCUT2D eigenvalue weighted by atomic mass is 16.5. The zero-order valence-corrected chi connectivity index (χ0v) is 14.0. The monoisotopic (exact) mass is 351 g/mol. The highest BCUT2D eigenvalue weighted by molar-refractivity contribution is 5.56. The van der Waals surface area contributed by atoms with Gasteiger partial charge in [0.2, 0.25) is 0 Å². The molecule has 1 aromatic heterocycles. The molecule has 0 saturated heterocycles. The van der Waals surface area contributed by atoms with Crippen molar-refractivity contribution < 1.29 is 14.9 Å². The molecule has 3 rings (SSSR count). The molecule has 132 valence electrons. The Morgan fingerprint density at radius 2 is 1.81 bits per heavy atom. The minimum Gasteiger partial charge on any atom is -0.508 e. The van der Waals surface area contributed by atoms with E-state index in [9.17, 15) is 15.0 Å². The molecular weight excluding hydrogens is 334 g/mol. The van der Waals surface area contributed by atoms with Crippen LogP contribution in [0.5, 0.6) is 17.2 Å². The number of pyridine rings is 1. The lowest BCUT2D eigenvalue weighted by atomic mass is 10.1. The first-order valence-electron chi connectivity index (χ1n) is 7.84. The summed E-state index contributed by atoms with van der Waals surface area (Å²) in [4.78, 5) is 14.9. The van der Waals surface area contributed by atoms with Crippen molar-refractivity contribution in [3.63, 3.8) is 0 Å². The van der Waals surface area contributed by atoms with E-state index in [1.165, 1.54) is 31.4 Å². The van der Waals surface area contributed by atoms with Gasteiger partial charge in [-0.15, -0.1) is 10.2 Å². The number of aromatic hydroxyl groups is 2. The van der Waals surface area contributed by atoms with E-state index in [2.05, 4.69) is 15.2 Å². The summed E-state index contributed by atoms with van der Waals surface area (Å²) in [5.74, 6) is 0.0540. The number of aromatic amines is 1. The molecule has 0 saturated carbocycles. The Bertz CT molecular complexity index is 997. The van der Waals surface area contributed by atoms with Gasteiger partial charge in [0.15, 0.2) is 11.4 Å². The number of H-pyrrole nitrogens is 1. The second-order valence-electron chi connectivity index (χ2n) is 5.58. The lowest BCUT2D eigenvalue weighted by molar-refractivity contribution is 0.408. The molecule has 0 atom stereocenters. The smallest absolute Gasteiger partial charge is 0.279 e. The summed E-state index contributed by atoms with van der Waals surface area (Å²) in [5.41, 5.74) is 1.15. The second kappa shape index (κ2) is 7.52. The normalized spacial score (nSPS) is 11.0. The highest BCUT2D eigenvalue weighted by Crippen LogP contribution is 2.33. The Morgan fingerprint density at radius 1 is 1.04 bits per heavy atom. The maximum atomic E-state index is 12.2. The molecule has 3 N–H and O–H groups in total. The molecule has 0 aliphatic heterocycles. The molecule has 3 aromatic rings. The van der Waals surface area contributed by atoms with Crippen LogP contribution in [0.2, 0.25) is 0 Å². The van der Waals surface area contributed by atoms with Crippen LogP contribution in [0.1, 0.15) is 11.3 Å². The van der Waals surface area contributed by atoms with Crippen LogP contribution in [0, 0.1) is 0 Å². The van der Waals surface area contributed by atoms with Gasteiger partial charge in [-0.25, -0.2) is 0 Å². The number of nitrogens with zero attached hydrogens (tertiary/aromatic N) is 2. The number of rotatable bonds is 5. The summed E-state index contributed by atoms with van der Waals surface area (Å²) < 4.78 is 5.10. The Morgan fingerprint density at radius 3 is 2.50 bits per heavy atom. The first kappa shape index (κ1) is 17.2. The van der Waals surface area contributed by atoms with Crippen molar-refractivity contribution >= 4 is 11.4 Å². The van der Waals surface area contributed by atoms with Gasteiger partial charge in [-0.1, -0.05) is 30.3 Å². The number of hydrogen-bond donors (Lipinski definition) is 3. The largest absolute Gasteiger partial charge is 0.508 e. The van der Waals surface area contributed by atoms with Crippen LogP contribution in [0.3, 0.4) is 0 Å². The first-order valence-corrected chi connectivity index (χ1v) is 7.84. The Balaban J connectivity index is 1.88. The molecule has 0 aliphatic carbocycles. The van der Waals surface area contributed by atoms with Gasteiger partial charge in [0.1, 0.15) is 17.2 Å². The van der Waals surface area contributed by atoms with Crippen LogP contribution >= 0.6 is 0 Å². The third kappa shape index (κ3) is 3.89. The topological polar surface area (TPSA) is 107 Å². The molecule has 0 bridgehead atoms. The molecule has 0 fully saturated rings. The van der Waals surface area contributed by atoms with E-state index in [1.807, 2.05) is 30.3 Å². The molecule has 0 amide bonds. The van der Waals surface area contributed by atoms with E-state index in [1.54, 1.807) is 0 Å². The molecule has 0 unspecified atom stereocenters. The van der Waals surface area contributed by atoms with Crippen molar-refractivity contribution in [2.24, 2.45) is 10.2 Å². The van der Waals surface area contributed by atoms with Crippen molar-refractivity contribution in [3.05, 3.63) is 76.2 Å². The van der Waals surface area contributed by atoms with E-state index >= 15 is 0 Å². The van der Waals surface area contributed by atoms with Gasteiger partial charge < -0.3 is 19.9 Å². The summed E-state index contributed by atoms with van der Waals surface area (Å²) in [7, 11) is 1.43. The Hall–Kier alpha value is -3.61. The third-order valence-electron chi connectivity index (χ3n) is 3.70.